The minimum absolute atomic E-state index is 0.0728. The first-order valence-electron chi connectivity index (χ1n) is 32.8. The van der Waals surface area contributed by atoms with Crippen molar-refractivity contribution in [2.75, 3.05) is 13.2 Å². The Morgan fingerprint density at radius 2 is 0.466 bits per heavy atom. The highest BCUT2D eigenvalue weighted by Crippen LogP contribution is 2.18. The van der Waals surface area contributed by atoms with Gasteiger partial charge >= 0.3 is 17.9 Å². The van der Waals surface area contributed by atoms with Crippen molar-refractivity contribution in [1.82, 2.24) is 0 Å². The van der Waals surface area contributed by atoms with Crippen LogP contribution in [0.3, 0.4) is 0 Å². The minimum atomic E-state index is -0.775. The lowest BCUT2D eigenvalue weighted by atomic mass is 10.0. The van der Waals surface area contributed by atoms with Crippen LogP contribution in [0.4, 0.5) is 0 Å². The minimum Gasteiger partial charge on any atom is -0.462 e. The van der Waals surface area contributed by atoms with Crippen LogP contribution in [0.15, 0.2) is 24.3 Å². The molecule has 430 valence electrons. The van der Waals surface area contributed by atoms with Crippen LogP contribution in [0.25, 0.3) is 0 Å². The van der Waals surface area contributed by atoms with Crippen molar-refractivity contribution in [3.8, 4) is 0 Å². The quantitative estimate of drug-likeness (QED) is 0.0261. The molecule has 0 fully saturated rings. The first kappa shape index (κ1) is 70.9. The van der Waals surface area contributed by atoms with E-state index in [0.29, 0.717) is 19.3 Å². The molecule has 0 aromatic carbocycles. The fourth-order valence-electron chi connectivity index (χ4n) is 9.95. The maximum Gasteiger partial charge on any atom is 0.306 e. The predicted molar refractivity (Wildman–Crippen MR) is 316 cm³/mol. The first-order chi connectivity index (χ1) is 36.0. The van der Waals surface area contributed by atoms with E-state index in [1.54, 1.807) is 0 Å². The van der Waals surface area contributed by atoms with Crippen molar-refractivity contribution in [2.24, 2.45) is 0 Å². The number of esters is 3. The summed E-state index contributed by atoms with van der Waals surface area (Å²) >= 11 is 0. The number of hydrogen-bond acceptors (Lipinski definition) is 6. The Bertz CT molecular complexity index is 1180. The molecule has 0 bridgehead atoms. The van der Waals surface area contributed by atoms with E-state index in [4.69, 9.17) is 14.2 Å². The molecular weight excluding hydrogens is 901 g/mol. The molecule has 1 unspecified atom stereocenters. The van der Waals surface area contributed by atoms with Gasteiger partial charge in [0.2, 0.25) is 0 Å². The van der Waals surface area contributed by atoms with Gasteiger partial charge in [-0.2, -0.15) is 0 Å². The van der Waals surface area contributed by atoms with E-state index in [2.05, 4.69) is 45.1 Å². The predicted octanol–water partition coefficient (Wildman–Crippen LogP) is 22.2. The molecule has 0 saturated heterocycles. The van der Waals surface area contributed by atoms with Gasteiger partial charge in [0.1, 0.15) is 13.2 Å². The fraction of sp³-hybridized carbons (Fsp3) is 0.896. The molecule has 0 rings (SSSR count). The zero-order valence-electron chi connectivity index (χ0n) is 49.4. The Hall–Kier alpha value is -2.11. The van der Waals surface area contributed by atoms with Gasteiger partial charge in [0.05, 0.1) is 0 Å². The Kier molecular flexibility index (Phi) is 60.6. The van der Waals surface area contributed by atoms with Crippen molar-refractivity contribution in [3.05, 3.63) is 24.3 Å². The average Bonchev–Trinajstić information content (AvgIpc) is 3.39. The van der Waals surface area contributed by atoms with Crippen LogP contribution in [-0.2, 0) is 28.6 Å². The third-order valence-corrected chi connectivity index (χ3v) is 14.9. The molecule has 0 aliphatic carbocycles. The van der Waals surface area contributed by atoms with Gasteiger partial charge in [-0.3, -0.25) is 14.4 Å². The fourth-order valence-corrected chi connectivity index (χ4v) is 9.95. The molecule has 0 aliphatic heterocycles. The highest BCUT2D eigenvalue weighted by Gasteiger charge is 2.19. The molecule has 0 saturated carbocycles. The lowest BCUT2D eigenvalue weighted by Gasteiger charge is -2.18. The van der Waals surface area contributed by atoms with Gasteiger partial charge in [-0.1, -0.05) is 308 Å². The molecule has 0 heterocycles. The number of carbonyl (C=O) groups excluding carboxylic acids is 3. The van der Waals surface area contributed by atoms with Crippen molar-refractivity contribution < 1.29 is 28.6 Å². The molecule has 0 aromatic heterocycles. The second-order valence-corrected chi connectivity index (χ2v) is 22.4. The highest BCUT2D eigenvalue weighted by atomic mass is 16.6. The second-order valence-electron chi connectivity index (χ2n) is 22.4. The maximum absolute atomic E-state index is 12.8. The van der Waals surface area contributed by atoms with E-state index >= 15 is 0 Å². The zero-order chi connectivity index (χ0) is 52.9. The Morgan fingerprint density at radius 3 is 0.726 bits per heavy atom. The largest absolute Gasteiger partial charge is 0.462 e. The monoisotopic (exact) mass is 1030 g/mol. The van der Waals surface area contributed by atoms with Crippen LogP contribution in [0.2, 0.25) is 0 Å². The standard InChI is InChI=1S/C67H126O6/c1-4-7-10-13-16-19-22-24-26-27-28-29-30-31-32-33-34-35-36-37-38-39-40-41-43-45-48-51-54-57-60-66(69)72-63-64(62-71-65(68)59-56-53-50-47-44-21-18-15-12-9-6-3)73-67(70)61-58-55-52-49-46-42-25-23-20-17-14-11-8-5-2/h15,18,23,25,64H,4-14,16-17,19-22,24,26-63H2,1-3H3/b18-15-,25-23-. The van der Waals surface area contributed by atoms with Crippen molar-refractivity contribution in [3.63, 3.8) is 0 Å². The number of allylic oxidation sites excluding steroid dienone is 4. The van der Waals surface area contributed by atoms with E-state index in [0.717, 1.165) is 70.6 Å². The van der Waals surface area contributed by atoms with E-state index in [9.17, 15) is 14.4 Å². The van der Waals surface area contributed by atoms with Gasteiger partial charge in [-0.05, 0) is 64.2 Å². The summed E-state index contributed by atoms with van der Waals surface area (Å²) in [5.74, 6) is -0.870. The summed E-state index contributed by atoms with van der Waals surface area (Å²) in [6.07, 6.45) is 75.0. The maximum atomic E-state index is 12.8. The molecule has 6 nitrogen and oxygen atoms in total. The number of unbranched alkanes of at least 4 members (excludes halogenated alkanes) is 46. The van der Waals surface area contributed by atoms with Crippen LogP contribution in [-0.4, -0.2) is 37.2 Å². The third-order valence-electron chi connectivity index (χ3n) is 14.9. The van der Waals surface area contributed by atoms with E-state index in [-0.39, 0.29) is 31.1 Å². The summed E-state index contributed by atoms with van der Waals surface area (Å²) in [5, 5.41) is 0. The lowest BCUT2D eigenvalue weighted by molar-refractivity contribution is -0.167. The van der Waals surface area contributed by atoms with Gasteiger partial charge in [0.15, 0.2) is 6.10 Å². The van der Waals surface area contributed by atoms with Crippen LogP contribution in [0.1, 0.15) is 367 Å². The van der Waals surface area contributed by atoms with Crippen molar-refractivity contribution in [2.45, 2.75) is 374 Å². The summed E-state index contributed by atoms with van der Waals surface area (Å²) in [5.41, 5.74) is 0. The number of ether oxygens (including phenoxy) is 3. The van der Waals surface area contributed by atoms with Gasteiger partial charge in [-0.25, -0.2) is 0 Å². The summed E-state index contributed by atoms with van der Waals surface area (Å²) in [6.45, 7) is 6.64. The summed E-state index contributed by atoms with van der Waals surface area (Å²) < 4.78 is 16.9. The second kappa shape index (κ2) is 62.4. The molecule has 0 radical (unpaired) electrons. The summed E-state index contributed by atoms with van der Waals surface area (Å²) in [4.78, 5) is 38.2. The zero-order valence-corrected chi connectivity index (χ0v) is 49.4. The molecule has 0 amide bonds. The van der Waals surface area contributed by atoms with Gasteiger partial charge in [-0.15, -0.1) is 0 Å². The van der Waals surface area contributed by atoms with Crippen LogP contribution >= 0.6 is 0 Å². The molecule has 1 atom stereocenters. The van der Waals surface area contributed by atoms with Crippen LogP contribution < -0.4 is 0 Å². The number of carbonyl (C=O) groups is 3. The molecule has 73 heavy (non-hydrogen) atoms. The first-order valence-corrected chi connectivity index (χ1v) is 32.8. The Labute approximate surface area is 455 Å². The molecule has 0 spiro atoms. The highest BCUT2D eigenvalue weighted by molar-refractivity contribution is 5.71. The Morgan fingerprint density at radius 1 is 0.260 bits per heavy atom. The Balaban J connectivity index is 4.07. The number of hydrogen-bond donors (Lipinski definition) is 0. The van der Waals surface area contributed by atoms with Gasteiger partial charge < -0.3 is 14.2 Å². The van der Waals surface area contributed by atoms with Crippen LogP contribution in [0, 0.1) is 0 Å². The normalized spacial score (nSPS) is 12.1. The third kappa shape index (κ3) is 60.6. The van der Waals surface area contributed by atoms with E-state index in [1.165, 1.54) is 257 Å². The topological polar surface area (TPSA) is 78.9 Å². The van der Waals surface area contributed by atoms with Gasteiger partial charge in [0.25, 0.3) is 0 Å². The van der Waals surface area contributed by atoms with Crippen molar-refractivity contribution >= 4 is 17.9 Å². The molecule has 0 N–H and O–H groups in total. The average molecular weight is 1030 g/mol. The summed E-state index contributed by atoms with van der Waals surface area (Å²) in [6, 6.07) is 0. The summed E-state index contributed by atoms with van der Waals surface area (Å²) in [7, 11) is 0. The molecule has 6 heteroatoms. The SMILES string of the molecule is CCCC/C=C\CCCCCCCC(=O)OCC(COC(=O)CCCCCCCCCCCCCCCCCCCCCCCCCCCCCCCC)OC(=O)CCCCCCC/C=C\CCCCCCC. The molecular formula is C67H126O6. The van der Waals surface area contributed by atoms with E-state index in [1.807, 2.05) is 0 Å². The molecule has 0 aromatic rings. The lowest BCUT2D eigenvalue weighted by Crippen LogP contribution is -2.30. The van der Waals surface area contributed by atoms with Gasteiger partial charge in [0, 0.05) is 19.3 Å². The molecule has 0 aliphatic rings. The van der Waals surface area contributed by atoms with E-state index < -0.39 is 6.10 Å². The van der Waals surface area contributed by atoms with Crippen molar-refractivity contribution in [1.29, 1.82) is 0 Å². The smallest absolute Gasteiger partial charge is 0.306 e. The number of rotatable bonds is 61. The van der Waals surface area contributed by atoms with Crippen LogP contribution in [0.5, 0.6) is 0 Å².